The van der Waals surface area contributed by atoms with E-state index >= 15 is 0 Å². The molecule has 6 nitrogen and oxygen atoms in total. The molecule has 1 aliphatic rings. The lowest BCUT2D eigenvalue weighted by molar-refractivity contribution is 0.0934. The van der Waals surface area contributed by atoms with Crippen molar-refractivity contribution in [2.45, 2.75) is 59.0 Å². The minimum absolute atomic E-state index is 0.0750. The zero-order valence-electron chi connectivity index (χ0n) is 16.8. The summed E-state index contributed by atoms with van der Waals surface area (Å²) >= 11 is 0. The summed E-state index contributed by atoms with van der Waals surface area (Å²) in [6.07, 6.45) is 3.11. The van der Waals surface area contributed by atoms with Crippen molar-refractivity contribution in [1.82, 2.24) is 25.6 Å². The van der Waals surface area contributed by atoms with Crippen molar-refractivity contribution in [3.8, 4) is 0 Å². The van der Waals surface area contributed by atoms with Crippen LogP contribution < -0.4 is 10.6 Å². The van der Waals surface area contributed by atoms with Crippen molar-refractivity contribution in [3.05, 3.63) is 46.8 Å². The average Bonchev–Trinajstić information content (AvgIpc) is 3.04. The fraction of sp³-hybridized carbons (Fsp3) is 0.571. The fourth-order valence-electron chi connectivity index (χ4n) is 3.71. The number of hydrogen-bond donors (Lipinski definition) is 2. The highest BCUT2D eigenvalue weighted by molar-refractivity contribution is 5.93. The first-order chi connectivity index (χ1) is 13.0. The molecule has 2 heterocycles. The Labute approximate surface area is 161 Å². The second kappa shape index (κ2) is 8.65. The molecule has 1 atom stereocenters. The van der Waals surface area contributed by atoms with Crippen LogP contribution in [0, 0.1) is 12.8 Å². The molecule has 1 unspecified atom stereocenters. The van der Waals surface area contributed by atoms with Gasteiger partial charge in [0.05, 0.1) is 17.8 Å². The minimum atomic E-state index is -0.161. The number of nitrogens with zero attached hydrogens (tertiary/aromatic N) is 3. The molecule has 2 aromatic rings. The maximum absolute atomic E-state index is 12.7. The monoisotopic (exact) mass is 369 g/mol. The highest BCUT2D eigenvalue weighted by Crippen LogP contribution is 2.21. The maximum Gasteiger partial charge on any atom is 0.274 e. The first-order valence-electron chi connectivity index (χ1n) is 9.98. The predicted molar refractivity (Wildman–Crippen MR) is 107 cm³/mol. The normalized spacial score (nSPS) is 16.5. The molecular formula is C21H31N5O. The summed E-state index contributed by atoms with van der Waals surface area (Å²) in [7, 11) is 0. The molecule has 0 radical (unpaired) electrons. The number of piperidine rings is 1. The van der Waals surface area contributed by atoms with Gasteiger partial charge in [-0.1, -0.05) is 43.3 Å². The third-order valence-electron chi connectivity index (χ3n) is 5.27. The lowest BCUT2D eigenvalue weighted by Crippen LogP contribution is -2.31. The van der Waals surface area contributed by atoms with E-state index < -0.39 is 0 Å². The van der Waals surface area contributed by atoms with Crippen LogP contribution in [-0.4, -0.2) is 34.0 Å². The molecular weight excluding hydrogens is 338 g/mol. The van der Waals surface area contributed by atoms with Crippen molar-refractivity contribution in [2.24, 2.45) is 5.92 Å². The van der Waals surface area contributed by atoms with Gasteiger partial charge in [0.15, 0.2) is 5.69 Å². The van der Waals surface area contributed by atoms with Gasteiger partial charge in [-0.3, -0.25) is 4.79 Å². The Bertz CT molecular complexity index is 759. The molecule has 1 aromatic carbocycles. The van der Waals surface area contributed by atoms with Gasteiger partial charge in [0.25, 0.3) is 5.91 Å². The smallest absolute Gasteiger partial charge is 0.274 e. The van der Waals surface area contributed by atoms with E-state index in [1.54, 1.807) is 0 Å². The molecule has 0 aliphatic carbocycles. The Balaban J connectivity index is 1.65. The van der Waals surface area contributed by atoms with Crippen molar-refractivity contribution in [1.29, 1.82) is 0 Å². The van der Waals surface area contributed by atoms with Crippen molar-refractivity contribution < 1.29 is 4.79 Å². The minimum Gasteiger partial charge on any atom is -0.344 e. The van der Waals surface area contributed by atoms with Gasteiger partial charge in [-0.05, 0) is 63.2 Å². The second-order valence-electron chi connectivity index (χ2n) is 7.98. The maximum atomic E-state index is 12.7. The van der Waals surface area contributed by atoms with Gasteiger partial charge in [-0.25, -0.2) is 4.68 Å². The second-order valence-corrected chi connectivity index (χ2v) is 7.98. The van der Waals surface area contributed by atoms with Crippen LogP contribution in [0.2, 0.25) is 0 Å². The number of nitrogens with one attached hydrogen (secondary N) is 2. The van der Waals surface area contributed by atoms with E-state index in [-0.39, 0.29) is 11.9 Å². The molecule has 3 rings (SSSR count). The summed E-state index contributed by atoms with van der Waals surface area (Å²) < 4.78 is 1.92. The molecule has 1 fully saturated rings. The van der Waals surface area contributed by atoms with Crippen LogP contribution in [0.15, 0.2) is 24.3 Å². The molecule has 1 saturated heterocycles. The molecule has 6 heteroatoms. The lowest BCUT2D eigenvalue weighted by Gasteiger charge is -2.23. The van der Waals surface area contributed by atoms with Crippen LogP contribution >= 0.6 is 0 Å². The molecule has 1 aromatic heterocycles. The zero-order valence-corrected chi connectivity index (χ0v) is 16.8. The van der Waals surface area contributed by atoms with Crippen LogP contribution in [0.25, 0.3) is 0 Å². The number of aromatic nitrogens is 3. The molecule has 27 heavy (non-hydrogen) atoms. The molecule has 1 aliphatic heterocycles. The Morgan fingerprint density at radius 1 is 1.22 bits per heavy atom. The summed E-state index contributed by atoms with van der Waals surface area (Å²) in [5, 5.41) is 14.8. The highest BCUT2D eigenvalue weighted by Gasteiger charge is 2.23. The highest BCUT2D eigenvalue weighted by atomic mass is 16.2. The van der Waals surface area contributed by atoms with Crippen LogP contribution in [-0.2, 0) is 6.42 Å². The van der Waals surface area contributed by atoms with E-state index in [4.69, 9.17) is 0 Å². The van der Waals surface area contributed by atoms with Crippen molar-refractivity contribution >= 4 is 5.91 Å². The number of carbonyl (C=O) groups is 1. The molecule has 0 spiro atoms. The van der Waals surface area contributed by atoms with Gasteiger partial charge in [0, 0.05) is 0 Å². The molecule has 0 saturated carbocycles. The molecule has 146 valence electrons. The van der Waals surface area contributed by atoms with Crippen LogP contribution in [0.3, 0.4) is 0 Å². The zero-order chi connectivity index (χ0) is 19.4. The first kappa shape index (κ1) is 19.5. The summed E-state index contributed by atoms with van der Waals surface area (Å²) in [5.41, 5.74) is 3.70. The van der Waals surface area contributed by atoms with E-state index in [2.05, 4.69) is 59.1 Å². The van der Waals surface area contributed by atoms with Gasteiger partial charge < -0.3 is 10.6 Å². The lowest BCUT2D eigenvalue weighted by atomic mass is 10.00. The summed E-state index contributed by atoms with van der Waals surface area (Å²) in [6.45, 7) is 10.3. The number of hydrogen-bond acceptors (Lipinski definition) is 4. The number of benzene rings is 1. The molecule has 0 bridgehead atoms. The molecule has 2 N–H and O–H groups in total. The van der Waals surface area contributed by atoms with Crippen LogP contribution in [0.4, 0.5) is 0 Å². The topological polar surface area (TPSA) is 71.8 Å². The van der Waals surface area contributed by atoms with E-state index in [0.29, 0.717) is 17.7 Å². The number of carbonyl (C=O) groups excluding carboxylic acids is 1. The fourth-order valence-corrected chi connectivity index (χ4v) is 3.71. The van der Waals surface area contributed by atoms with Crippen LogP contribution in [0.5, 0.6) is 0 Å². The summed E-state index contributed by atoms with van der Waals surface area (Å²) in [5.74, 6) is 0.477. The Kier molecular flexibility index (Phi) is 6.26. The predicted octanol–water partition coefficient (Wildman–Crippen LogP) is 3.20. The van der Waals surface area contributed by atoms with E-state index in [0.717, 1.165) is 43.6 Å². The van der Waals surface area contributed by atoms with E-state index in [1.807, 2.05) is 18.5 Å². The van der Waals surface area contributed by atoms with Gasteiger partial charge >= 0.3 is 0 Å². The van der Waals surface area contributed by atoms with Gasteiger partial charge in [-0.2, -0.15) is 0 Å². The quantitative estimate of drug-likeness (QED) is 0.820. The summed E-state index contributed by atoms with van der Waals surface area (Å²) in [4.78, 5) is 12.7. The van der Waals surface area contributed by atoms with Crippen molar-refractivity contribution in [2.75, 3.05) is 13.1 Å². The van der Waals surface area contributed by atoms with Crippen molar-refractivity contribution in [3.63, 3.8) is 0 Å². The number of rotatable bonds is 6. The first-order valence-corrected chi connectivity index (χ1v) is 9.98. The van der Waals surface area contributed by atoms with Gasteiger partial charge in [0.2, 0.25) is 0 Å². The Morgan fingerprint density at radius 2 is 1.89 bits per heavy atom. The largest absolute Gasteiger partial charge is 0.344 e. The third-order valence-corrected chi connectivity index (χ3v) is 5.27. The SMILES string of the molecule is Cc1c(C(=O)NC(C)c2ccc(CC(C)C)cc2)nnn1C1CCNCC1. The average molecular weight is 370 g/mol. The Hall–Kier alpha value is -2.21. The summed E-state index contributed by atoms with van der Waals surface area (Å²) in [6, 6.07) is 8.75. The van der Waals surface area contributed by atoms with Gasteiger partial charge in [-0.15, -0.1) is 5.10 Å². The van der Waals surface area contributed by atoms with Gasteiger partial charge in [0.1, 0.15) is 0 Å². The third kappa shape index (κ3) is 4.75. The Morgan fingerprint density at radius 3 is 2.52 bits per heavy atom. The number of amides is 1. The standard InChI is InChI=1S/C21H31N5O/c1-14(2)13-17-5-7-18(8-6-17)15(3)23-21(27)20-16(4)26(25-24-20)19-9-11-22-12-10-19/h5-8,14-15,19,22H,9-13H2,1-4H3,(H,23,27). The van der Waals surface area contributed by atoms with E-state index in [9.17, 15) is 4.79 Å². The molecule has 1 amide bonds. The van der Waals surface area contributed by atoms with E-state index in [1.165, 1.54) is 5.56 Å². The van der Waals surface area contributed by atoms with Crippen LogP contribution in [0.1, 0.15) is 73.0 Å².